The van der Waals surface area contributed by atoms with Crippen molar-refractivity contribution < 1.29 is 0 Å². The van der Waals surface area contributed by atoms with Crippen molar-refractivity contribution in [2.24, 2.45) is 3.96 Å². The van der Waals surface area contributed by atoms with E-state index in [0.717, 1.165) is 0 Å². The Morgan fingerprint density at radius 1 is 1.00 bits per heavy atom. The van der Waals surface area contributed by atoms with Crippen LogP contribution in [0.15, 0.2) is 0 Å². The average Bonchev–Trinajstić information content (AvgIpc) is 1.87. The van der Waals surface area contributed by atoms with Gasteiger partial charge in [-0.05, 0) is 0 Å². The maximum atomic E-state index is 6.11. The van der Waals surface area contributed by atoms with Crippen LogP contribution in [0.4, 0.5) is 0 Å². The molecule has 0 amide bonds. The van der Waals surface area contributed by atoms with Gasteiger partial charge in [0, 0.05) is 0 Å². The Bertz CT molecular complexity index is 51.3. The molecule has 50 valence electrons. The summed E-state index contributed by atoms with van der Waals surface area (Å²) in [6.07, 6.45) is 0. The van der Waals surface area contributed by atoms with Crippen LogP contribution in [0, 0.1) is 0 Å². The van der Waals surface area contributed by atoms with E-state index in [-0.39, 0.29) is 0 Å². The van der Waals surface area contributed by atoms with E-state index >= 15 is 0 Å². The van der Waals surface area contributed by atoms with Gasteiger partial charge in [0.05, 0.1) is 0 Å². The van der Waals surface area contributed by atoms with Crippen LogP contribution in [-0.2, 0) is 0 Å². The minimum atomic E-state index is -1.84. The summed E-state index contributed by atoms with van der Waals surface area (Å²) in [6, 6.07) is 0. The van der Waals surface area contributed by atoms with Crippen LogP contribution < -0.4 is 3.96 Å². The zero-order valence-corrected chi connectivity index (χ0v) is 9.05. The van der Waals surface area contributed by atoms with Crippen LogP contribution in [0.5, 0.6) is 0 Å². The van der Waals surface area contributed by atoms with Gasteiger partial charge in [0.1, 0.15) is 0 Å². The van der Waals surface area contributed by atoms with Gasteiger partial charge in [-0.2, -0.15) is 0 Å². The maximum absolute atomic E-state index is 6.11. The summed E-state index contributed by atoms with van der Waals surface area (Å²) >= 11 is -1.84. The summed E-state index contributed by atoms with van der Waals surface area (Å²) in [7, 11) is 0. The molecule has 0 aliphatic carbocycles. The van der Waals surface area contributed by atoms with Gasteiger partial charge in [0.2, 0.25) is 0 Å². The first-order valence-electron chi connectivity index (χ1n) is 3.47. The SMILES string of the molecule is C[CH2][Sn]([NH2])([CH2]C)[CH2]C. The Morgan fingerprint density at radius 2 is 1.25 bits per heavy atom. The molecule has 2 heteroatoms. The molecule has 0 saturated heterocycles. The van der Waals surface area contributed by atoms with Crippen molar-refractivity contribution in [1.29, 1.82) is 0 Å². The van der Waals surface area contributed by atoms with Crippen LogP contribution in [0.25, 0.3) is 0 Å². The van der Waals surface area contributed by atoms with E-state index < -0.39 is 18.7 Å². The Morgan fingerprint density at radius 3 is 1.25 bits per heavy atom. The van der Waals surface area contributed by atoms with Crippen LogP contribution in [-0.4, -0.2) is 18.7 Å². The molecule has 0 saturated carbocycles. The molecule has 0 bridgehead atoms. The van der Waals surface area contributed by atoms with E-state index in [0.29, 0.717) is 0 Å². The van der Waals surface area contributed by atoms with Crippen LogP contribution in [0.2, 0.25) is 13.3 Å². The fourth-order valence-electron chi connectivity index (χ4n) is 0.750. The Balaban J connectivity index is 3.58. The first-order valence-corrected chi connectivity index (χ1v) is 11.2. The van der Waals surface area contributed by atoms with Gasteiger partial charge in [0.15, 0.2) is 0 Å². The van der Waals surface area contributed by atoms with E-state index in [1.807, 2.05) is 0 Å². The molecule has 0 unspecified atom stereocenters. The summed E-state index contributed by atoms with van der Waals surface area (Å²) in [4.78, 5) is 0. The van der Waals surface area contributed by atoms with Gasteiger partial charge >= 0.3 is 56.7 Å². The standard InChI is InChI=1S/3C2H5.H2N.Sn/c3*1-2;;/h3*1H2,2H3;1H2;/q;;;-1;+1. The van der Waals surface area contributed by atoms with Crippen molar-refractivity contribution in [3.05, 3.63) is 0 Å². The summed E-state index contributed by atoms with van der Waals surface area (Å²) in [5.41, 5.74) is 0. The van der Waals surface area contributed by atoms with Gasteiger partial charge < -0.3 is 0 Å². The fraction of sp³-hybridized carbons (Fsp3) is 1.00. The first-order chi connectivity index (χ1) is 3.68. The third-order valence-corrected chi connectivity index (χ3v) is 14.2. The summed E-state index contributed by atoms with van der Waals surface area (Å²) in [5.74, 6) is 0. The Labute approximate surface area is 56.9 Å². The van der Waals surface area contributed by atoms with Crippen molar-refractivity contribution in [3.63, 3.8) is 0 Å². The second kappa shape index (κ2) is 3.72. The normalized spacial score (nSPS) is 12.0. The Kier molecular flexibility index (Phi) is 4.07. The quantitative estimate of drug-likeness (QED) is 0.725. The Hall–Kier alpha value is 0.759. The molecule has 0 radical (unpaired) electrons. The summed E-state index contributed by atoms with van der Waals surface area (Å²) in [5, 5.41) is 0. The molecule has 0 spiro atoms. The number of rotatable bonds is 3. The molecule has 0 rings (SSSR count). The molecular weight excluding hydrogens is 205 g/mol. The molecule has 0 heterocycles. The molecule has 0 aromatic rings. The van der Waals surface area contributed by atoms with E-state index in [2.05, 4.69) is 20.8 Å². The number of hydrogen-bond donors (Lipinski definition) is 1. The molecular formula is C6H17NSn. The second-order valence-corrected chi connectivity index (χ2v) is 16.3. The molecule has 8 heavy (non-hydrogen) atoms. The third-order valence-electron chi connectivity index (χ3n) is 2.11. The van der Waals surface area contributed by atoms with Crippen molar-refractivity contribution in [3.8, 4) is 0 Å². The predicted molar refractivity (Wildman–Crippen MR) is 41.4 cm³/mol. The van der Waals surface area contributed by atoms with E-state index in [4.69, 9.17) is 3.96 Å². The molecule has 1 nitrogen and oxygen atoms in total. The zero-order chi connectivity index (χ0) is 6.62. The van der Waals surface area contributed by atoms with Crippen molar-refractivity contribution in [2.45, 2.75) is 34.1 Å². The molecule has 0 aromatic heterocycles. The van der Waals surface area contributed by atoms with Gasteiger partial charge in [0.25, 0.3) is 0 Å². The van der Waals surface area contributed by atoms with Crippen LogP contribution in [0.1, 0.15) is 20.8 Å². The number of nitrogens with two attached hydrogens (primary N) is 1. The van der Waals surface area contributed by atoms with Gasteiger partial charge in [-0.3, -0.25) is 0 Å². The summed E-state index contributed by atoms with van der Waals surface area (Å²) < 4.78 is 10.0. The molecule has 2 N–H and O–H groups in total. The fourth-order valence-corrected chi connectivity index (χ4v) is 5.03. The van der Waals surface area contributed by atoms with Crippen LogP contribution >= 0.6 is 0 Å². The van der Waals surface area contributed by atoms with Gasteiger partial charge in [-0.1, -0.05) is 0 Å². The zero-order valence-electron chi connectivity index (χ0n) is 6.20. The van der Waals surface area contributed by atoms with Crippen LogP contribution in [0.3, 0.4) is 0 Å². The van der Waals surface area contributed by atoms with Crippen molar-refractivity contribution in [1.82, 2.24) is 0 Å². The van der Waals surface area contributed by atoms with Gasteiger partial charge in [-0.25, -0.2) is 0 Å². The first kappa shape index (κ1) is 8.76. The monoisotopic (exact) mass is 223 g/mol. The molecule has 0 aliphatic rings. The van der Waals surface area contributed by atoms with Crippen molar-refractivity contribution >= 4 is 18.7 Å². The van der Waals surface area contributed by atoms with E-state index in [1.165, 1.54) is 13.3 Å². The third kappa shape index (κ3) is 2.35. The molecule has 0 aromatic carbocycles. The van der Waals surface area contributed by atoms with Gasteiger partial charge in [-0.15, -0.1) is 0 Å². The van der Waals surface area contributed by atoms with E-state index in [9.17, 15) is 0 Å². The molecule has 0 atom stereocenters. The molecule has 0 aliphatic heterocycles. The average molecular weight is 222 g/mol. The minimum absolute atomic E-state index is 1.31. The predicted octanol–water partition coefficient (Wildman–Crippen LogP) is 1.95. The second-order valence-electron chi connectivity index (χ2n) is 2.42. The summed E-state index contributed by atoms with van der Waals surface area (Å²) in [6.45, 7) is 6.72. The topological polar surface area (TPSA) is 26.0 Å². The number of hydrogen-bond acceptors (Lipinski definition) is 1. The molecule has 0 fully saturated rings. The van der Waals surface area contributed by atoms with E-state index in [1.54, 1.807) is 0 Å². The van der Waals surface area contributed by atoms with Crippen molar-refractivity contribution in [2.75, 3.05) is 0 Å².